The van der Waals surface area contributed by atoms with E-state index < -0.39 is 11.7 Å². The molecule has 0 spiro atoms. The summed E-state index contributed by atoms with van der Waals surface area (Å²) >= 11 is 0. The maximum Gasteiger partial charge on any atom is 0.347 e. The van der Waals surface area contributed by atoms with Crippen LogP contribution >= 0.6 is 0 Å². The second kappa shape index (κ2) is 10.0. The molecule has 1 saturated heterocycles. The number of carbonyl (C=O) groups is 1. The molecule has 1 unspecified atom stereocenters. The van der Waals surface area contributed by atoms with Gasteiger partial charge in [0.1, 0.15) is 11.1 Å². The summed E-state index contributed by atoms with van der Waals surface area (Å²) in [6.45, 7) is 5.19. The Balaban J connectivity index is 1.35. The number of ether oxygens (including phenoxy) is 1. The SMILES string of the molecule is CCc1c2cc(-c3ccnc(Nc4ccc5c(C6CNCCO6)c(C(C)=O)c(=O)oc5c4)n3)ccc2nn1C. The number of morpholine rings is 1. The summed E-state index contributed by atoms with van der Waals surface area (Å²) in [7, 11) is 1.96. The normalized spacial score (nSPS) is 15.6. The monoisotopic (exact) mass is 524 g/mol. The Kier molecular flexibility index (Phi) is 6.41. The molecule has 0 aliphatic carbocycles. The van der Waals surface area contributed by atoms with Crippen LogP contribution in [0.4, 0.5) is 11.6 Å². The van der Waals surface area contributed by atoms with E-state index in [1.165, 1.54) is 12.6 Å². The van der Waals surface area contributed by atoms with Crippen molar-refractivity contribution < 1.29 is 13.9 Å². The van der Waals surface area contributed by atoms with Gasteiger partial charge in [-0.15, -0.1) is 0 Å². The quantitative estimate of drug-likeness (QED) is 0.247. The van der Waals surface area contributed by atoms with E-state index in [2.05, 4.69) is 33.7 Å². The lowest BCUT2D eigenvalue weighted by Gasteiger charge is -2.26. The molecule has 1 fully saturated rings. The van der Waals surface area contributed by atoms with E-state index in [1.54, 1.807) is 12.3 Å². The van der Waals surface area contributed by atoms with Gasteiger partial charge in [-0.05, 0) is 43.7 Å². The lowest BCUT2D eigenvalue weighted by Crippen LogP contribution is -2.35. The maximum absolute atomic E-state index is 12.8. The van der Waals surface area contributed by atoms with Crippen LogP contribution in [-0.2, 0) is 18.2 Å². The number of hydrogen-bond donors (Lipinski definition) is 2. The van der Waals surface area contributed by atoms with Crippen LogP contribution in [0, 0.1) is 0 Å². The Morgan fingerprint density at radius 2 is 2.05 bits per heavy atom. The lowest BCUT2D eigenvalue weighted by molar-refractivity contribution is 0.0277. The van der Waals surface area contributed by atoms with E-state index in [4.69, 9.17) is 14.1 Å². The number of fused-ring (bicyclic) bond motifs is 2. The predicted octanol–water partition coefficient (Wildman–Crippen LogP) is 4.31. The van der Waals surface area contributed by atoms with Gasteiger partial charge in [0.05, 0.1) is 23.9 Å². The summed E-state index contributed by atoms with van der Waals surface area (Å²) in [4.78, 5) is 34.3. The number of aromatic nitrogens is 4. The van der Waals surface area contributed by atoms with Crippen LogP contribution in [0.1, 0.15) is 41.6 Å². The number of carbonyl (C=O) groups excluding carboxylic acids is 1. The van der Waals surface area contributed by atoms with Gasteiger partial charge < -0.3 is 19.8 Å². The van der Waals surface area contributed by atoms with E-state index in [-0.39, 0.29) is 11.3 Å². The molecule has 5 aromatic rings. The minimum Gasteiger partial charge on any atom is -0.422 e. The van der Waals surface area contributed by atoms with E-state index in [9.17, 15) is 9.59 Å². The third-order valence-electron chi connectivity index (χ3n) is 7.05. The molecule has 198 valence electrons. The number of aryl methyl sites for hydroxylation is 2. The minimum atomic E-state index is -0.674. The van der Waals surface area contributed by atoms with Crippen LogP contribution in [0.2, 0.25) is 0 Å². The van der Waals surface area contributed by atoms with Crippen molar-refractivity contribution >= 4 is 39.3 Å². The van der Waals surface area contributed by atoms with Gasteiger partial charge in [0.25, 0.3) is 0 Å². The highest BCUT2D eigenvalue weighted by atomic mass is 16.5. The van der Waals surface area contributed by atoms with Gasteiger partial charge in [-0.2, -0.15) is 5.10 Å². The molecular formula is C29H28N6O4. The first-order valence-corrected chi connectivity index (χ1v) is 12.9. The van der Waals surface area contributed by atoms with Crippen molar-refractivity contribution in [3.05, 3.63) is 75.9 Å². The number of Topliss-reactive ketones (excluding diaryl/α,β-unsaturated/α-hetero) is 1. The number of benzene rings is 2. The van der Waals surface area contributed by atoms with Gasteiger partial charge in [0.2, 0.25) is 5.95 Å². The Hall–Kier alpha value is -4.41. The maximum atomic E-state index is 12.8. The van der Waals surface area contributed by atoms with Gasteiger partial charge in [0, 0.05) is 65.7 Å². The van der Waals surface area contributed by atoms with Crippen LogP contribution in [0.5, 0.6) is 0 Å². The first-order valence-electron chi connectivity index (χ1n) is 12.9. The number of ketones is 1. The van der Waals surface area contributed by atoms with E-state index in [0.29, 0.717) is 47.9 Å². The van der Waals surface area contributed by atoms with E-state index >= 15 is 0 Å². The van der Waals surface area contributed by atoms with Crippen LogP contribution in [0.25, 0.3) is 33.1 Å². The molecule has 0 bridgehead atoms. The van der Waals surface area contributed by atoms with Crippen molar-refractivity contribution in [1.82, 2.24) is 25.1 Å². The number of hydrogen-bond acceptors (Lipinski definition) is 9. The fraction of sp³-hybridized carbons (Fsp3) is 0.276. The average Bonchev–Trinajstić information content (AvgIpc) is 3.26. The van der Waals surface area contributed by atoms with Gasteiger partial charge in [-0.3, -0.25) is 9.48 Å². The van der Waals surface area contributed by atoms with Crippen molar-refractivity contribution in [2.24, 2.45) is 7.05 Å². The molecule has 10 nitrogen and oxygen atoms in total. The molecule has 4 heterocycles. The van der Waals surface area contributed by atoms with E-state index in [1.807, 2.05) is 42.1 Å². The average molecular weight is 525 g/mol. The Labute approximate surface area is 224 Å². The smallest absolute Gasteiger partial charge is 0.347 e. The molecule has 10 heteroatoms. The summed E-state index contributed by atoms with van der Waals surface area (Å²) in [5, 5.41) is 12.8. The van der Waals surface area contributed by atoms with Crippen LogP contribution < -0.4 is 16.3 Å². The van der Waals surface area contributed by atoms with Gasteiger partial charge in [-0.1, -0.05) is 13.0 Å². The topological polar surface area (TPSA) is 124 Å². The highest BCUT2D eigenvalue weighted by molar-refractivity contribution is 6.00. The fourth-order valence-corrected chi connectivity index (χ4v) is 5.26. The largest absolute Gasteiger partial charge is 0.422 e. The molecule has 1 aliphatic heterocycles. The Bertz CT molecular complexity index is 1780. The summed E-state index contributed by atoms with van der Waals surface area (Å²) < 4.78 is 13.4. The highest BCUT2D eigenvalue weighted by Crippen LogP contribution is 2.32. The number of nitrogens with one attached hydrogen (secondary N) is 2. The Morgan fingerprint density at radius 3 is 2.82 bits per heavy atom. The molecule has 3 aromatic heterocycles. The number of nitrogens with zero attached hydrogens (tertiary/aromatic N) is 4. The number of rotatable bonds is 6. The van der Waals surface area contributed by atoms with Crippen molar-refractivity contribution in [2.75, 3.05) is 25.0 Å². The van der Waals surface area contributed by atoms with Crippen molar-refractivity contribution in [2.45, 2.75) is 26.4 Å². The minimum absolute atomic E-state index is 0.0322. The lowest BCUT2D eigenvalue weighted by atomic mass is 9.96. The van der Waals surface area contributed by atoms with Crippen LogP contribution in [-0.4, -0.2) is 45.2 Å². The molecule has 1 aliphatic rings. The predicted molar refractivity (Wildman–Crippen MR) is 148 cm³/mol. The molecule has 6 rings (SSSR count). The second-order valence-corrected chi connectivity index (χ2v) is 9.56. The zero-order valence-corrected chi connectivity index (χ0v) is 21.9. The summed E-state index contributed by atoms with van der Waals surface area (Å²) in [6, 6.07) is 13.4. The molecule has 0 saturated carbocycles. The second-order valence-electron chi connectivity index (χ2n) is 9.56. The van der Waals surface area contributed by atoms with Crippen LogP contribution in [0.15, 0.2) is 57.9 Å². The first-order chi connectivity index (χ1) is 18.9. The molecule has 0 amide bonds. The van der Waals surface area contributed by atoms with E-state index in [0.717, 1.165) is 28.6 Å². The molecular weight excluding hydrogens is 496 g/mol. The zero-order valence-electron chi connectivity index (χ0n) is 21.9. The fourth-order valence-electron chi connectivity index (χ4n) is 5.26. The van der Waals surface area contributed by atoms with Gasteiger partial charge >= 0.3 is 5.63 Å². The highest BCUT2D eigenvalue weighted by Gasteiger charge is 2.27. The molecule has 2 N–H and O–H groups in total. The summed E-state index contributed by atoms with van der Waals surface area (Å²) in [5.41, 5.74) is 4.75. The van der Waals surface area contributed by atoms with Crippen molar-refractivity contribution in [3.8, 4) is 11.3 Å². The molecule has 0 radical (unpaired) electrons. The summed E-state index contributed by atoms with van der Waals surface area (Å²) in [5.74, 6) is 0.0503. The Morgan fingerprint density at radius 1 is 1.18 bits per heavy atom. The summed E-state index contributed by atoms with van der Waals surface area (Å²) in [6.07, 6.45) is 2.16. The standard InChI is InChI=1S/C29H28N6O4/c1-4-23-20-13-17(5-8-22(20)34-35(23)3)21-9-10-31-29(33-21)32-18-6-7-19-24(14-18)39-28(37)26(16(2)36)27(19)25-15-30-11-12-38-25/h5-10,13-14,25,30H,4,11-12,15H2,1-3H3,(H,31,32,33). The molecule has 39 heavy (non-hydrogen) atoms. The van der Waals surface area contributed by atoms with Crippen LogP contribution in [0.3, 0.4) is 0 Å². The third-order valence-corrected chi connectivity index (χ3v) is 7.05. The van der Waals surface area contributed by atoms with Crippen molar-refractivity contribution in [3.63, 3.8) is 0 Å². The first kappa shape index (κ1) is 24.9. The number of anilines is 2. The molecule has 2 aromatic carbocycles. The van der Waals surface area contributed by atoms with Gasteiger partial charge in [-0.25, -0.2) is 14.8 Å². The van der Waals surface area contributed by atoms with Crippen molar-refractivity contribution in [1.29, 1.82) is 0 Å². The third kappa shape index (κ3) is 4.58. The molecule has 1 atom stereocenters. The van der Waals surface area contributed by atoms with Gasteiger partial charge in [0.15, 0.2) is 5.78 Å². The zero-order chi connectivity index (χ0) is 27.1.